The predicted molar refractivity (Wildman–Crippen MR) is 62.4 cm³/mol. The van der Waals surface area contributed by atoms with Crippen LogP contribution in [0, 0.1) is 0 Å². The summed E-state index contributed by atoms with van der Waals surface area (Å²) in [6.45, 7) is 2.64. The van der Waals surface area contributed by atoms with Gasteiger partial charge in [0.15, 0.2) is 5.13 Å². The van der Waals surface area contributed by atoms with Crippen LogP contribution in [0.5, 0.6) is 5.75 Å². The van der Waals surface area contributed by atoms with Crippen molar-refractivity contribution in [3.8, 4) is 5.75 Å². The summed E-state index contributed by atoms with van der Waals surface area (Å²) in [6, 6.07) is 5.80. The third-order valence-corrected chi connectivity index (χ3v) is 2.53. The zero-order valence-corrected chi connectivity index (χ0v) is 9.32. The molecule has 76 valence electrons. The molecule has 0 aliphatic carbocycles. The molecule has 5 heteroatoms. The van der Waals surface area contributed by atoms with E-state index in [1.54, 1.807) is 0 Å². The van der Waals surface area contributed by atoms with Crippen LogP contribution < -0.4 is 10.5 Å². The van der Waals surface area contributed by atoms with E-state index in [9.17, 15) is 0 Å². The number of rotatable bonds is 2. The molecular weight excluding hydrogens is 220 g/mol. The Hall–Kier alpha value is -1.00. The highest BCUT2D eigenvalue weighted by Crippen LogP contribution is 2.27. The zero-order chi connectivity index (χ0) is 9.26. The first kappa shape index (κ1) is 11.1. The molecular formula is C9H11ClN2OS. The van der Waals surface area contributed by atoms with Crippen molar-refractivity contribution in [1.29, 1.82) is 0 Å². The minimum Gasteiger partial charge on any atom is -0.494 e. The van der Waals surface area contributed by atoms with Crippen molar-refractivity contribution in [3.05, 3.63) is 18.2 Å². The summed E-state index contributed by atoms with van der Waals surface area (Å²) in [7, 11) is 0. The molecule has 3 nitrogen and oxygen atoms in total. The van der Waals surface area contributed by atoms with E-state index in [0.29, 0.717) is 11.7 Å². The highest BCUT2D eigenvalue weighted by atomic mass is 35.5. The van der Waals surface area contributed by atoms with Crippen molar-refractivity contribution in [2.24, 2.45) is 0 Å². The fourth-order valence-electron chi connectivity index (χ4n) is 1.18. The second kappa shape index (κ2) is 4.48. The van der Waals surface area contributed by atoms with Gasteiger partial charge in [-0.25, -0.2) is 4.98 Å². The quantitative estimate of drug-likeness (QED) is 0.863. The molecule has 14 heavy (non-hydrogen) atoms. The molecule has 0 bridgehead atoms. The Balaban J connectivity index is 0.000000980. The van der Waals surface area contributed by atoms with E-state index < -0.39 is 0 Å². The molecule has 2 aromatic rings. The van der Waals surface area contributed by atoms with Gasteiger partial charge >= 0.3 is 0 Å². The smallest absolute Gasteiger partial charge is 0.181 e. The van der Waals surface area contributed by atoms with Gasteiger partial charge in [-0.2, -0.15) is 0 Å². The Bertz CT molecular complexity index is 430. The predicted octanol–water partition coefficient (Wildman–Crippen LogP) is 2.70. The van der Waals surface area contributed by atoms with Crippen molar-refractivity contribution in [3.63, 3.8) is 0 Å². The number of nitrogens with zero attached hydrogens (tertiary/aromatic N) is 1. The SMILES string of the molecule is CCOc1ccc2nc(N)sc2c1.Cl. The summed E-state index contributed by atoms with van der Waals surface area (Å²) in [5, 5.41) is 0.601. The Morgan fingerprint density at radius 3 is 3.00 bits per heavy atom. The lowest BCUT2D eigenvalue weighted by molar-refractivity contribution is 0.341. The fourth-order valence-corrected chi connectivity index (χ4v) is 1.94. The maximum Gasteiger partial charge on any atom is 0.181 e. The van der Waals surface area contributed by atoms with Crippen molar-refractivity contribution < 1.29 is 4.74 Å². The van der Waals surface area contributed by atoms with Gasteiger partial charge in [-0.3, -0.25) is 0 Å². The van der Waals surface area contributed by atoms with Gasteiger partial charge in [0.05, 0.1) is 16.8 Å². The van der Waals surface area contributed by atoms with Crippen LogP contribution in [0.4, 0.5) is 5.13 Å². The molecule has 0 aliphatic heterocycles. The average molecular weight is 231 g/mol. The molecule has 0 fully saturated rings. The van der Waals surface area contributed by atoms with Gasteiger partial charge < -0.3 is 10.5 Å². The van der Waals surface area contributed by atoms with Gasteiger partial charge in [0.25, 0.3) is 0 Å². The molecule has 0 amide bonds. The van der Waals surface area contributed by atoms with E-state index in [-0.39, 0.29) is 12.4 Å². The molecule has 0 saturated carbocycles. The molecule has 0 atom stereocenters. The summed E-state index contributed by atoms with van der Waals surface area (Å²) in [6.07, 6.45) is 0. The molecule has 0 unspecified atom stereocenters. The monoisotopic (exact) mass is 230 g/mol. The number of thiazole rings is 1. The second-order valence-corrected chi connectivity index (χ2v) is 3.68. The standard InChI is InChI=1S/C9H10N2OS.ClH/c1-2-12-6-3-4-7-8(5-6)13-9(10)11-7;/h3-5H,2H2,1H3,(H2,10,11);1H. The number of nitrogen functional groups attached to an aromatic ring is 1. The summed E-state index contributed by atoms with van der Waals surface area (Å²) >= 11 is 1.48. The number of aromatic nitrogens is 1. The van der Waals surface area contributed by atoms with Gasteiger partial charge in [-0.05, 0) is 25.1 Å². The van der Waals surface area contributed by atoms with Crippen molar-refractivity contribution >= 4 is 39.1 Å². The van der Waals surface area contributed by atoms with Crippen LogP contribution in [0.15, 0.2) is 18.2 Å². The molecule has 0 spiro atoms. The van der Waals surface area contributed by atoms with Gasteiger partial charge in [0.2, 0.25) is 0 Å². The maximum absolute atomic E-state index is 5.58. The molecule has 1 heterocycles. The first-order chi connectivity index (χ1) is 6.29. The van der Waals surface area contributed by atoms with Crippen LogP contribution in [0.3, 0.4) is 0 Å². The van der Waals surface area contributed by atoms with Crippen LogP contribution in [-0.4, -0.2) is 11.6 Å². The van der Waals surface area contributed by atoms with Crippen LogP contribution in [0.2, 0.25) is 0 Å². The Morgan fingerprint density at radius 2 is 2.29 bits per heavy atom. The maximum atomic E-state index is 5.58. The minimum atomic E-state index is 0. The molecule has 2 rings (SSSR count). The van der Waals surface area contributed by atoms with Gasteiger partial charge in [-0.15, -0.1) is 12.4 Å². The second-order valence-electron chi connectivity index (χ2n) is 2.61. The largest absolute Gasteiger partial charge is 0.494 e. The third kappa shape index (κ3) is 2.08. The van der Waals surface area contributed by atoms with Gasteiger partial charge in [0, 0.05) is 0 Å². The molecule has 1 aromatic heterocycles. The van der Waals surface area contributed by atoms with E-state index >= 15 is 0 Å². The summed E-state index contributed by atoms with van der Waals surface area (Å²) < 4.78 is 6.43. The summed E-state index contributed by atoms with van der Waals surface area (Å²) in [5.41, 5.74) is 6.52. The third-order valence-electron chi connectivity index (χ3n) is 1.69. The molecule has 1 aromatic carbocycles. The van der Waals surface area contributed by atoms with E-state index in [2.05, 4.69) is 4.98 Å². The van der Waals surface area contributed by atoms with Crippen LogP contribution in [0.1, 0.15) is 6.92 Å². The van der Waals surface area contributed by atoms with Gasteiger partial charge in [0.1, 0.15) is 5.75 Å². The average Bonchev–Trinajstić information content (AvgIpc) is 2.44. The highest BCUT2D eigenvalue weighted by Gasteiger charge is 2.01. The van der Waals surface area contributed by atoms with Gasteiger partial charge in [-0.1, -0.05) is 11.3 Å². The number of ether oxygens (including phenoxy) is 1. The normalized spacial score (nSPS) is 9.79. The molecule has 0 saturated heterocycles. The van der Waals surface area contributed by atoms with Crippen molar-refractivity contribution in [2.45, 2.75) is 6.92 Å². The lowest BCUT2D eigenvalue weighted by Gasteiger charge is -2.00. The molecule has 0 aliphatic rings. The van der Waals surface area contributed by atoms with E-state index in [1.165, 1.54) is 11.3 Å². The van der Waals surface area contributed by atoms with Crippen molar-refractivity contribution in [2.75, 3.05) is 12.3 Å². The van der Waals surface area contributed by atoms with Crippen LogP contribution in [-0.2, 0) is 0 Å². The number of fused-ring (bicyclic) bond motifs is 1. The Morgan fingerprint density at radius 1 is 1.50 bits per heavy atom. The zero-order valence-electron chi connectivity index (χ0n) is 7.69. The minimum absolute atomic E-state index is 0. The van der Waals surface area contributed by atoms with Crippen molar-refractivity contribution in [1.82, 2.24) is 4.98 Å². The summed E-state index contributed by atoms with van der Waals surface area (Å²) in [4.78, 5) is 4.16. The first-order valence-corrected chi connectivity index (χ1v) is 4.90. The highest BCUT2D eigenvalue weighted by molar-refractivity contribution is 7.22. The molecule has 2 N–H and O–H groups in total. The lowest BCUT2D eigenvalue weighted by atomic mass is 10.3. The Labute approximate surface area is 92.3 Å². The van der Waals surface area contributed by atoms with E-state index in [0.717, 1.165) is 16.0 Å². The first-order valence-electron chi connectivity index (χ1n) is 4.08. The fraction of sp³-hybridized carbons (Fsp3) is 0.222. The topological polar surface area (TPSA) is 48.1 Å². The number of halogens is 1. The summed E-state index contributed by atoms with van der Waals surface area (Å²) in [5.74, 6) is 0.874. The number of hydrogen-bond donors (Lipinski definition) is 1. The number of nitrogens with two attached hydrogens (primary N) is 1. The van der Waals surface area contributed by atoms with Crippen LogP contribution in [0.25, 0.3) is 10.2 Å². The van der Waals surface area contributed by atoms with E-state index in [4.69, 9.17) is 10.5 Å². The lowest BCUT2D eigenvalue weighted by Crippen LogP contribution is -1.89. The molecule has 0 radical (unpaired) electrons. The number of anilines is 1. The Kier molecular flexibility index (Phi) is 3.55. The number of benzene rings is 1. The van der Waals surface area contributed by atoms with E-state index in [1.807, 2.05) is 25.1 Å². The number of hydrogen-bond acceptors (Lipinski definition) is 4. The van der Waals surface area contributed by atoms with Crippen LogP contribution >= 0.6 is 23.7 Å².